The van der Waals surface area contributed by atoms with E-state index in [-0.39, 0.29) is 17.7 Å². The lowest BCUT2D eigenvalue weighted by Crippen LogP contribution is -2.08. The van der Waals surface area contributed by atoms with Gasteiger partial charge in [-0.1, -0.05) is 17.9 Å². The first-order chi connectivity index (χ1) is 8.06. The average molecular weight is 232 g/mol. The van der Waals surface area contributed by atoms with E-state index in [1.165, 1.54) is 7.11 Å². The lowest BCUT2D eigenvalue weighted by molar-refractivity contribution is -0.117. The van der Waals surface area contributed by atoms with Gasteiger partial charge in [-0.25, -0.2) is 4.79 Å². The van der Waals surface area contributed by atoms with Crippen molar-refractivity contribution < 1.29 is 14.3 Å². The van der Waals surface area contributed by atoms with Crippen molar-refractivity contribution in [2.75, 3.05) is 12.8 Å². The lowest BCUT2D eigenvalue weighted by atomic mass is 10.1. The summed E-state index contributed by atoms with van der Waals surface area (Å²) >= 11 is 0. The normalized spacial score (nSPS) is 9.00. The van der Waals surface area contributed by atoms with Gasteiger partial charge in [0.25, 0.3) is 0 Å². The van der Waals surface area contributed by atoms with Crippen molar-refractivity contribution in [3.63, 3.8) is 0 Å². The van der Waals surface area contributed by atoms with Crippen LogP contribution in [0.3, 0.4) is 0 Å². The third-order valence-electron chi connectivity index (χ3n) is 2.00. The minimum Gasteiger partial charge on any atom is -0.465 e. The molecule has 0 bridgehead atoms. The van der Waals surface area contributed by atoms with Crippen LogP contribution in [-0.2, 0) is 9.53 Å². The first-order valence-corrected chi connectivity index (χ1v) is 4.80. The van der Waals surface area contributed by atoms with Gasteiger partial charge in [-0.05, 0) is 12.1 Å². The van der Waals surface area contributed by atoms with E-state index in [9.17, 15) is 9.59 Å². The van der Waals surface area contributed by atoms with Gasteiger partial charge >= 0.3 is 5.97 Å². The number of nitrogen functional groups attached to an aromatic ring is 1. The Labute approximate surface area is 98.7 Å². The van der Waals surface area contributed by atoms with E-state index in [1.807, 2.05) is 0 Å². The van der Waals surface area contributed by atoms with Gasteiger partial charge < -0.3 is 16.2 Å². The molecule has 0 unspecified atom stereocenters. The average Bonchev–Trinajstić information content (AvgIpc) is 2.30. The number of esters is 1. The summed E-state index contributed by atoms with van der Waals surface area (Å²) in [7, 11) is 1.27. The van der Waals surface area contributed by atoms with Gasteiger partial charge in [0.1, 0.15) is 0 Å². The summed E-state index contributed by atoms with van der Waals surface area (Å²) in [6.45, 7) is 0. The van der Waals surface area contributed by atoms with E-state index in [2.05, 4.69) is 16.6 Å². The maximum atomic E-state index is 11.3. The molecule has 17 heavy (non-hydrogen) atoms. The molecule has 1 amide bonds. The number of hydrogen-bond acceptors (Lipinski definition) is 4. The maximum Gasteiger partial charge on any atom is 0.339 e. The zero-order valence-electron chi connectivity index (χ0n) is 9.32. The highest BCUT2D eigenvalue weighted by Gasteiger charge is 2.11. The molecule has 0 aliphatic heterocycles. The molecular formula is C12H12N2O3. The number of hydrogen-bond donors (Lipinski definition) is 2. The number of rotatable bonds is 2. The zero-order chi connectivity index (χ0) is 12.8. The molecule has 1 aromatic rings. The fourth-order valence-corrected chi connectivity index (χ4v) is 1.19. The molecule has 0 aliphatic rings. The van der Waals surface area contributed by atoms with Crippen molar-refractivity contribution >= 4 is 17.6 Å². The summed E-state index contributed by atoms with van der Waals surface area (Å²) in [5.74, 6) is 4.21. The number of anilines is 1. The van der Waals surface area contributed by atoms with E-state index in [1.54, 1.807) is 18.2 Å². The molecule has 0 aromatic heterocycles. The van der Waals surface area contributed by atoms with Gasteiger partial charge in [-0.15, -0.1) is 0 Å². The number of amides is 1. The predicted molar refractivity (Wildman–Crippen MR) is 62.9 cm³/mol. The molecule has 1 rings (SSSR count). The van der Waals surface area contributed by atoms with E-state index in [0.29, 0.717) is 5.56 Å². The third-order valence-corrected chi connectivity index (χ3v) is 2.00. The van der Waals surface area contributed by atoms with E-state index < -0.39 is 11.9 Å². The molecule has 0 saturated carbocycles. The number of carbonyl (C=O) groups excluding carboxylic acids is 2. The maximum absolute atomic E-state index is 11.3. The van der Waals surface area contributed by atoms with Crippen molar-refractivity contribution in [1.82, 2.24) is 0 Å². The molecule has 5 heteroatoms. The second-order valence-corrected chi connectivity index (χ2v) is 3.20. The number of para-hydroxylation sites is 1. The molecule has 1 aromatic carbocycles. The van der Waals surface area contributed by atoms with Crippen molar-refractivity contribution in [2.45, 2.75) is 6.42 Å². The van der Waals surface area contributed by atoms with Crippen molar-refractivity contribution in [1.29, 1.82) is 0 Å². The highest BCUT2D eigenvalue weighted by atomic mass is 16.5. The van der Waals surface area contributed by atoms with E-state index in [4.69, 9.17) is 11.5 Å². The van der Waals surface area contributed by atoms with Crippen LogP contribution in [0.4, 0.5) is 5.69 Å². The Morgan fingerprint density at radius 2 is 2.12 bits per heavy atom. The molecular weight excluding hydrogens is 220 g/mol. The first kappa shape index (κ1) is 12.6. The first-order valence-electron chi connectivity index (χ1n) is 4.80. The molecule has 4 N–H and O–H groups in total. The summed E-state index contributed by atoms with van der Waals surface area (Å²) < 4.78 is 4.57. The van der Waals surface area contributed by atoms with Gasteiger partial charge in [0.05, 0.1) is 24.8 Å². The van der Waals surface area contributed by atoms with Gasteiger partial charge in [0.2, 0.25) is 5.91 Å². The molecule has 0 heterocycles. The number of nitrogens with two attached hydrogens (primary N) is 2. The van der Waals surface area contributed by atoms with Crippen LogP contribution in [0, 0.1) is 11.8 Å². The van der Waals surface area contributed by atoms with Crippen LogP contribution in [-0.4, -0.2) is 19.0 Å². The molecule has 0 fully saturated rings. The molecule has 0 saturated heterocycles. The fourth-order valence-electron chi connectivity index (χ4n) is 1.19. The van der Waals surface area contributed by atoms with Crippen LogP contribution in [0.2, 0.25) is 0 Å². The standard InChI is InChI=1S/C12H12N2O3/c1-17-12(16)9-6-2-4-8(11(9)14)5-3-7-10(13)15/h2,4,6H,7,14H2,1H3,(H2,13,15). The summed E-state index contributed by atoms with van der Waals surface area (Å²) in [5.41, 5.74) is 11.7. The highest BCUT2D eigenvalue weighted by molar-refractivity contribution is 5.96. The SMILES string of the molecule is COC(=O)c1cccc(C#CCC(N)=O)c1N. The number of benzene rings is 1. The quantitative estimate of drug-likeness (QED) is 0.435. The largest absolute Gasteiger partial charge is 0.465 e. The molecule has 88 valence electrons. The Morgan fingerprint density at radius 1 is 1.41 bits per heavy atom. The van der Waals surface area contributed by atoms with Crippen LogP contribution in [0.1, 0.15) is 22.3 Å². The lowest BCUT2D eigenvalue weighted by Gasteiger charge is -2.04. The highest BCUT2D eigenvalue weighted by Crippen LogP contribution is 2.17. The van der Waals surface area contributed by atoms with Gasteiger partial charge in [-0.3, -0.25) is 4.79 Å². The fraction of sp³-hybridized carbons (Fsp3) is 0.167. The number of ether oxygens (including phenoxy) is 1. The Kier molecular flexibility index (Phi) is 4.12. The Bertz CT molecular complexity index is 512. The topological polar surface area (TPSA) is 95.4 Å². The van der Waals surface area contributed by atoms with Crippen molar-refractivity contribution in [3.8, 4) is 11.8 Å². The van der Waals surface area contributed by atoms with Gasteiger partial charge in [-0.2, -0.15) is 0 Å². The second-order valence-electron chi connectivity index (χ2n) is 3.20. The van der Waals surface area contributed by atoms with Crippen molar-refractivity contribution in [2.24, 2.45) is 5.73 Å². The molecule has 0 spiro atoms. The number of carbonyl (C=O) groups is 2. The number of methoxy groups -OCH3 is 1. The van der Waals surface area contributed by atoms with E-state index >= 15 is 0 Å². The third kappa shape index (κ3) is 3.24. The van der Waals surface area contributed by atoms with Gasteiger partial charge in [0, 0.05) is 5.56 Å². The summed E-state index contributed by atoms with van der Waals surface area (Å²) in [6.07, 6.45) is -0.0537. The number of primary amides is 1. The zero-order valence-corrected chi connectivity index (χ0v) is 9.32. The van der Waals surface area contributed by atoms with E-state index in [0.717, 1.165) is 0 Å². The molecule has 0 atom stereocenters. The Balaban J connectivity index is 3.05. The Morgan fingerprint density at radius 3 is 2.71 bits per heavy atom. The molecule has 0 aliphatic carbocycles. The molecule has 0 radical (unpaired) electrons. The van der Waals surface area contributed by atoms with Crippen LogP contribution in [0.25, 0.3) is 0 Å². The van der Waals surface area contributed by atoms with Crippen LogP contribution >= 0.6 is 0 Å². The Hall–Kier alpha value is -2.48. The monoisotopic (exact) mass is 232 g/mol. The summed E-state index contributed by atoms with van der Waals surface area (Å²) in [4.78, 5) is 21.9. The summed E-state index contributed by atoms with van der Waals surface area (Å²) in [6, 6.07) is 4.83. The predicted octanol–water partition coefficient (Wildman–Crippen LogP) is 0.282. The van der Waals surface area contributed by atoms with Crippen LogP contribution in [0.5, 0.6) is 0 Å². The van der Waals surface area contributed by atoms with Crippen LogP contribution < -0.4 is 11.5 Å². The van der Waals surface area contributed by atoms with Crippen LogP contribution in [0.15, 0.2) is 18.2 Å². The minimum atomic E-state index is -0.527. The van der Waals surface area contributed by atoms with Gasteiger partial charge in [0.15, 0.2) is 0 Å². The summed E-state index contributed by atoms with van der Waals surface area (Å²) in [5, 5.41) is 0. The smallest absolute Gasteiger partial charge is 0.339 e. The van der Waals surface area contributed by atoms with Crippen molar-refractivity contribution in [3.05, 3.63) is 29.3 Å². The molecule has 5 nitrogen and oxygen atoms in total. The minimum absolute atomic E-state index is 0.0537. The second kappa shape index (κ2) is 5.56.